The van der Waals surface area contributed by atoms with Crippen LogP contribution in [-0.4, -0.2) is 16.1 Å². The van der Waals surface area contributed by atoms with Gasteiger partial charge in [-0.15, -0.1) is 11.6 Å². The quantitative estimate of drug-likeness (QED) is 0.687. The van der Waals surface area contributed by atoms with Crippen molar-refractivity contribution in [2.75, 3.05) is 0 Å². The Morgan fingerprint density at radius 1 is 1.73 bits per heavy atom. The van der Waals surface area contributed by atoms with E-state index in [1.807, 2.05) is 0 Å². The van der Waals surface area contributed by atoms with Gasteiger partial charge in [0, 0.05) is 6.20 Å². The van der Waals surface area contributed by atoms with Crippen LogP contribution < -0.4 is 0 Å². The summed E-state index contributed by atoms with van der Waals surface area (Å²) in [5.74, 6) is -0.722. The van der Waals surface area contributed by atoms with E-state index in [9.17, 15) is 4.79 Å². The SMILES string of the molecule is O=C(O)c1ccnc(CCl)c1. The fraction of sp³-hybridized carbons (Fsp3) is 0.143. The number of alkyl halides is 1. The van der Waals surface area contributed by atoms with Gasteiger partial charge in [-0.2, -0.15) is 0 Å². The van der Waals surface area contributed by atoms with Crippen LogP contribution in [0.1, 0.15) is 16.1 Å². The lowest BCUT2D eigenvalue weighted by molar-refractivity contribution is 0.0696. The third kappa shape index (κ3) is 1.91. The Bertz CT molecular complexity index is 275. The lowest BCUT2D eigenvalue weighted by atomic mass is 10.2. The molecule has 0 aliphatic heterocycles. The van der Waals surface area contributed by atoms with Crippen molar-refractivity contribution in [2.45, 2.75) is 5.88 Å². The van der Waals surface area contributed by atoms with Crippen LogP contribution in [0.2, 0.25) is 0 Å². The summed E-state index contributed by atoms with van der Waals surface area (Å²) in [6.45, 7) is 0. The van der Waals surface area contributed by atoms with E-state index in [0.717, 1.165) is 0 Å². The van der Waals surface area contributed by atoms with E-state index < -0.39 is 5.97 Å². The maximum absolute atomic E-state index is 10.4. The summed E-state index contributed by atoms with van der Waals surface area (Å²) in [6.07, 6.45) is 1.43. The van der Waals surface area contributed by atoms with Gasteiger partial charge >= 0.3 is 5.97 Å². The van der Waals surface area contributed by atoms with Crippen molar-refractivity contribution in [1.82, 2.24) is 4.98 Å². The van der Waals surface area contributed by atoms with Crippen molar-refractivity contribution in [2.24, 2.45) is 0 Å². The van der Waals surface area contributed by atoms with Crippen molar-refractivity contribution in [3.63, 3.8) is 0 Å². The smallest absolute Gasteiger partial charge is 0.335 e. The van der Waals surface area contributed by atoms with Gasteiger partial charge in [-0.25, -0.2) is 4.79 Å². The Kier molecular flexibility index (Phi) is 2.44. The number of carboxylic acid groups (broad SMARTS) is 1. The molecule has 0 atom stereocenters. The third-order valence-electron chi connectivity index (χ3n) is 1.20. The van der Waals surface area contributed by atoms with Crippen LogP contribution in [0.4, 0.5) is 0 Å². The van der Waals surface area contributed by atoms with Crippen molar-refractivity contribution in [1.29, 1.82) is 0 Å². The van der Waals surface area contributed by atoms with Crippen LogP contribution in [0.25, 0.3) is 0 Å². The van der Waals surface area contributed by atoms with Gasteiger partial charge in [0.15, 0.2) is 0 Å². The van der Waals surface area contributed by atoms with E-state index in [2.05, 4.69) is 4.98 Å². The second kappa shape index (κ2) is 3.34. The number of pyridine rings is 1. The van der Waals surface area contributed by atoms with E-state index in [1.165, 1.54) is 18.3 Å². The van der Waals surface area contributed by atoms with E-state index in [4.69, 9.17) is 16.7 Å². The summed E-state index contributed by atoms with van der Waals surface area (Å²) >= 11 is 5.45. The molecule has 0 aliphatic rings. The van der Waals surface area contributed by atoms with Gasteiger partial charge in [0.25, 0.3) is 0 Å². The minimum Gasteiger partial charge on any atom is -0.478 e. The Morgan fingerprint density at radius 3 is 3.00 bits per heavy atom. The normalized spacial score (nSPS) is 9.55. The maximum atomic E-state index is 10.4. The van der Waals surface area contributed by atoms with Gasteiger partial charge in [0.1, 0.15) is 0 Å². The molecule has 1 N–H and O–H groups in total. The molecule has 0 radical (unpaired) electrons. The Balaban J connectivity index is 3.01. The number of halogens is 1. The van der Waals surface area contributed by atoms with E-state index >= 15 is 0 Å². The molecule has 1 aromatic heterocycles. The number of rotatable bonds is 2. The predicted molar refractivity (Wildman–Crippen MR) is 40.8 cm³/mol. The zero-order valence-corrected chi connectivity index (χ0v) is 6.38. The summed E-state index contributed by atoms with van der Waals surface area (Å²) in [5.41, 5.74) is 0.794. The zero-order valence-electron chi connectivity index (χ0n) is 5.62. The standard InChI is InChI=1S/C7H6ClNO2/c8-4-6-3-5(7(10)11)1-2-9-6/h1-3H,4H2,(H,10,11). The molecular formula is C7H6ClNO2. The highest BCUT2D eigenvalue weighted by Crippen LogP contribution is 2.03. The number of carboxylic acids is 1. The minimum absolute atomic E-state index is 0.218. The number of hydrogen-bond donors (Lipinski definition) is 1. The molecule has 0 bridgehead atoms. The van der Waals surface area contributed by atoms with Crippen molar-refractivity contribution >= 4 is 17.6 Å². The van der Waals surface area contributed by atoms with Gasteiger partial charge in [-0.1, -0.05) is 0 Å². The van der Waals surface area contributed by atoms with Crippen LogP contribution in [0, 0.1) is 0 Å². The molecule has 58 valence electrons. The molecule has 3 nitrogen and oxygen atoms in total. The highest BCUT2D eigenvalue weighted by molar-refractivity contribution is 6.16. The molecule has 0 unspecified atom stereocenters. The first kappa shape index (κ1) is 8.01. The van der Waals surface area contributed by atoms with Gasteiger partial charge in [0.05, 0.1) is 17.1 Å². The van der Waals surface area contributed by atoms with Crippen LogP contribution in [0.5, 0.6) is 0 Å². The van der Waals surface area contributed by atoms with E-state index in [-0.39, 0.29) is 11.4 Å². The lowest BCUT2D eigenvalue weighted by Crippen LogP contribution is -1.97. The largest absolute Gasteiger partial charge is 0.478 e. The van der Waals surface area contributed by atoms with Gasteiger partial charge in [-0.3, -0.25) is 4.98 Å². The van der Waals surface area contributed by atoms with E-state index in [1.54, 1.807) is 0 Å². The van der Waals surface area contributed by atoms with E-state index in [0.29, 0.717) is 5.69 Å². The lowest BCUT2D eigenvalue weighted by Gasteiger charge is -1.95. The Labute approximate surface area is 68.6 Å². The molecule has 0 fully saturated rings. The molecule has 0 aromatic carbocycles. The molecular weight excluding hydrogens is 166 g/mol. The first-order chi connectivity index (χ1) is 5.24. The summed E-state index contributed by atoms with van der Waals surface area (Å²) in [7, 11) is 0. The van der Waals surface area contributed by atoms with Crippen molar-refractivity contribution < 1.29 is 9.90 Å². The highest BCUT2D eigenvalue weighted by atomic mass is 35.5. The topological polar surface area (TPSA) is 50.2 Å². The monoisotopic (exact) mass is 171 g/mol. The highest BCUT2D eigenvalue weighted by Gasteiger charge is 2.02. The second-order valence-corrected chi connectivity index (χ2v) is 2.24. The molecule has 1 rings (SSSR count). The molecule has 0 saturated carbocycles. The molecule has 0 amide bonds. The van der Waals surface area contributed by atoms with Crippen LogP contribution in [0.3, 0.4) is 0 Å². The Hall–Kier alpha value is -1.09. The first-order valence-corrected chi connectivity index (χ1v) is 3.51. The average molecular weight is 172 g/mol. The fourth-order valence-corrected chi connectivity index (χ4v) is 0.830. The van der Waals surface area contributed by atoms with Crippen molar-refractivity contribution in [3.05, 3.63) is 29.6 Å². The summed E-state index contributed by atoms with van der Waals surface area (Å²) < 4.78 is 0. The van der Waals surface area contributed by atoms with Crippen LogP contribution in [0.15, 0.2) is 18.3 Å². The number of nitrogens with zero attached hydrogens (tertiary/aromatic N) is 1. The number of aromatic carboxylic acids is 1. The zero-order chi connectivity index (χ0) is 8.27. The summed E-state index contributed by atoms with van der Waals surface area (Å²) in [4.78, 5) is 14.2. The molecule has 1 heterocycles. The maximum Gasteiger partial charge on any atom is 0.335 e. The first-order valence-electron chi connectivity index (χ1n) is 2.98. The van der Waals surface area contributed by atoms with Crippen LogP contribution >= 0.6 is 11.6 Å². The van der Waals surface area contributed by atoms with Gasteiger partial charge in [0.2, 0.25) is 0 Å². The third-order valence-corrected chi connectivity index (χ3v) is 1.47. The molecule has 0 aliphatic carbocycles. The van der Waals surface area contributed by atoms with Gasteiger partial charge < -0.3 is 5.11 Å². The average Bonchev–Trinajstić information content (AvgIpc) is 2.05. The van der Waals surface area contributed by atoms with Crippen molar-refractivity contribution in [3.8, 4) is 0 Å². The molecule has 1 aromatic rings. The number of carbonyl (C=O) groups is 1. The van der Waals surface area contributed by atoms with Crippen LogP contribution in [-0.2, 0) is 5.88 Å². The molecule has 4 heteroatoms. The fourth-order valence-electron chi connectivity index (χ4n) is 0.684. The minimum atomic E-state index is -0.959. The summed E-state index contributed by atoms with van der Waals surface area (Å²) in [6, 6.07) is 2.88. The number of hydrogen-bond acceptors (Lipinski definition) is 2. The second-order valence-electron chi connectivity index (χ2n) is 1.97. The summed E-state index contributed by atoms with van der Waals surface area (Å²) in [5, 5.41) is 8.53. The predicted octanol–water partition coefficient (Wildman–Crippen LogP) is 1.52. The Morgan fingerprint density at radius 2 is 2.45 bits per heavy atom. The molecule has 0 spiro atoms. The molecule has 11 heavy (non-hydrogen) atoms. The molecule has 0 saturated heterocycles. The van der Waals surface area contributed by atoms with Gasteiger partial charge in [-0.05, 0) is 12.1 Å². The number of aromatic nitrogens is 1.